The number of amides is 2. The zero-order valence-corrected chi connectivity index (χ0v) is 24.2. The standard InChI is InChI=1S/C29H27ClN4O7S/c1-39-22-14-15-27(40-2)26(16-22)32-28(35)29(36)33-31-17-23-12-13-24(41-23)19-34(18-20-8-10-21(30)11-9-20)42(37,38)25-6-4-3-5-7-25/h3-17H,18-19H2,1-2H3,(H,32,35)(H,33,36)/b31-17+. The molecule has 0 atom stereocenters. The van der Waals surface area contributed by atoms with E-state index in [2.05, 4.69) is 15.8 Å². The third kappa shape index (κ3) is 7.75. The first-order valence-electron chi connectivity index (χ1n) is 12.4. The van der Waals surface area contributed by atoms with Gasteiger partial charge in [-0.15, -0.1) is 0 Å². The zero-order valence-electron chi connectivity index (χ0n) is 22.6. The third-order valence-electron chi connectivity index (χ3n) is 5.89. The number of nitrogens with zero attached hydrogens (tertiary/aromatic N) is 2. The molecule has 0 aliphatic carbocycles. The van der Waals surface area contributed by atoms with Crippen LogP contribution < -0.4 is 20.2 Å². The Balaban J connectivity index is 1.43. The van der Waals surface area contributed by atoms with Crippen LogP contribution >= 0.6 is 11.6 Å². The molecule has 0 aliphatic rings. The van der Waals surface area contributed by atoms with Gasteiger partial charge in [-0.05, 0) is 54.1 Å². The molecule has 2 amide bonds. The molecule has 0 bridgehead atoms. The molecule has 0 fully saturated rings. The van der Waals surface area contributed by atoms with Crippen molar-refractivity contribution < 1.29 is 31.9 Å². The van der Waals surface area contributed by atoms with Gasteiger partial charge in [0.15, 0.2) is 0 Å². The monoisotopic (exact) mass is 610 g/mol. The number of anilines is 1. The number of hydrogen-bond donors (Lipinski definition) is 2. The maximum atomic E-state index is 13.5. The number of carbonyl (C=O) groups is 2. The van der Waals surface area contributed by atoms with Crippen molar-refractivity contribution in [3.05, 3.63) is 107 Å². The van der Waals surface area contributed by atoms with Crippen LogP contribution in [-0.2, 0) is 32.7 Å². The quantitative estimate of drug-likeness (QED) is 0.145. The molecule has 0 spiro atoms. The van der Waals surface area contributed by atoms with Gasteiger partial charge in [-0.25, -0.2) is 13.8 Å². The number of methoxy groups -OCH3 is 2. The first-order chi connectivity index (χ1) is 20.2. The second kappa shape index (κ2) is 13.8. The van der Waals surface area contributed by atoms with Gasteiger partial charge in [0.2, 0.25) is 10.0 Å². The summed E-state index contributed by atoms with van der Waals surface area (Å²) in [5, 5.41) is 6.74. The molecule has 0 saturated carbocycles. The van der Waals surface area contributed by atoms with Crippen molar-refractivity contribution in [2.45, 2.75) is 18.0 Å². The fourth-order valence-corrected chi connectivity index (χ4v) is 5.32. The highest BCUT2D eigenvalue weighted by Gasteiger charge is 2.26. The summed E-state index contributed by atoms with van der Waals surface area (Å²) in [5.41, 5.74) is 3.10. The average molecular weight is 611 g/mol. The molecule has 4 aromatic rings. The van der Waals surface area contributed by atoms with Crippen LogP contribution in [0.4, 0.5) is 5.69 Å². The number of halogens is 1. The number of furan rings is 1. The summed E-state index contributed by atoms with van der Waals surface area (Å²) < 4.78 is 44.3. The number of hydrogen-bond acceptors (Lipinski definition) is 8. The van der Waals surface area contributed by atoms with E-state index in [0.29, 0.717) is 22.3 Å². The van der Waals surface area contributed by atoms with Crippen molar-refractivity contribution in [3.8, 4) is 11.5 Å². The molecule has 2 N–H and O–H groups in total. The lowest BCUT2D eigenvalue weighted by atomic mass is 10.2. The minimum atomic E-state index is -3.88. The Morgan fingerprint density at radius 3 is 2.36 bits per heavy atom. The van der Waals surface area contributed by atoms with E-state index in [9.17, 15) is 18.0 Å². The van der Waals surface area contributed by atoms with Crippen LogP contribution in [-0.4, -0.2) is 45.0 Å². The first-order valence-corrected chi connectivity index (χ1v) is 14.3. The number of sulfonamides is 1. The number of carbonyl (C=O) groups excluding carboxylic acids is 2. The van der Waals surface area contributed by atoms with E-state index in [0.717, 1.165) is 5.56 Å². The van der Waals surface area contributed by atoms with Crippen LogP contribution in [0.15, 0.2) is 99.3 Å². The Morgan fingerprint density at radius 1 is 0.929 bits per heavy atom. The summed E-state index contributed by atoms with van der Waals surface area (Å²) >= 11 is 5.99. The number of hydrazone groups is 1. The average Bonchev–Trinajstić information content (AvgIpc) is 3.45. The minimum Gasteiger partial charge on any atom is -0.497 e. The topological polar surface area (TPSA) is 140 Å². The number of nitrogens with one attached hydrogen (secondary N) is 2. The van der Waals surface area contributed by atoms with Gasteiger partial charge < -0.3 is 19.2 Å². The van der Waals surface area contributed by atoms with E-state index >= 15 is 0 Å². The van der Waals surface area contributed by atoms with E-state index in [4.69, 9.17) is 25.5 Å². The van der Waals surface area contributed by atoms with Crippen molar-refractivity contribution >= 4 is 45.3 Å². The molecule has 11 nitrogen and oxygen atoms in total. The van der Waals surface area contributed by atoms with E-state index in [1.54, 1.807) is 66.7 Å². The Hall–Kier alpha value is -4.65. The van der Waals surface area contributed by atoms with Gasteiger partial charge >= 0.3 is 11.8 Å². The molecule has 0 radical (unpaired) electrons. The lowest BCUT2D eigenvalue weighted by Crippen LogP contribution is -2.32. The van der Waals surface area contributed by atoms with E-state index in [-0.39, 0.29) is 29.4 Å². The van der Waals surface area contributed by atoms with Crippen molar-refractivity contribution in [1.82, 2.24) is 9.73 Å². The van der Waals surface area contributed by atoms with Crippen molar-refractivity contribution in [2.24, 2.45) is 5.10 Å². The van der Waals surface area contributed by atoms with Crippen molar-refractivity contribution in [1.29, 1.82) is 0 Å². The SMILES string of the molecule is COc1ccc(OC)c(NC(=O)C(=O)N/N=C/c2ccc(CN(Cc3ccc(Cl)cc3)S(=O)(=O)c3ccccc3)o2)c1. The van der Waals surface area contributed by atoms with Crippen LogP contribution in [0.5, 0.6) is 11.5 Å². The molecular weight excluding hydrogens is 584 g/mol. The maximum Gasteiger partial charge on any atom is 0.329 e. The van der Waals surface area contributed by atoms with Crippen LogP contribution in [0.1, 0.15) is 17.1 Å². The third-order valence-corrected chi connectivity index (χ3v) is 7.94. The minimum absolute atomic E-state index is 0.0712. The highest BCUT2D eigenvalue weighted by molar-refractivity contribution is 7.89. The number of ether oxygens (including phenoxy) is 2. The lowest BCUT2D eigenvalue weighted by Gasteiger charge is -2.21. The molecule has 0 aliphatic heterocycles. The van der Waals surface area contributed by atoms with Gasteiger partial charge in [-0.3, -0.25) is 9.59 Å². The molecule has 0 saturated heterocycles. The van der Waals surface area contributed by atoms with Gasteiger partial charge in [0.1, 0.15) is 23.0 Å². The fraction of sp³-hybridized carbons (Fsp3) is 0.138. The Labute approximate surface area is 247 Å². The number of benzene rings is 3. The predicted molar refractivity (Wildman–Crippen MR) is 157 cm³/mol. The molecule has 1 heterocycles. The normalized spacial score (nSPS) is 11.4. The second-order valence-corrected chi connectivity index (χ2v) is 11.1. The van der Waals surface area contributed by atoms with Crippen molar-refractivity contribution in [3.63, 3.8) is 0 Å². The van der Waals surface area contributed by atoms with E-state index in [1.165, 1.54) is 42.9 Å². The highest BCUT2D eigenvalue weighted by atomic mass is 35.5. The van der Waals surface area contributed by atoms with Gasteiger partial charge in [-0.1, -0.05) is 41.9 Å². The lowest BCUT2D eigenvalue weighted by molar-refractivity contribution is -0.136. The highest BCUT2D eigenvalue weighted by Crippen LogP contribution is 2.29. The molecule has 3 aromatic carbocycles. The molecule has 4 rings (SSSR count). The van der Waals surface area contributed by atoms with Gasteiger partial charge in [0.25, 0.3) is 0 Å². The summed E-state index contributed by atoms with van der Waals surface area (Å²) in [6, 6.07) is 22.8. The Bertz CT molecular complexity index is 1670. The zero-order chi connectivity index (χ0) is 30.1. The van der Waals surface area contributed by atoms with Crippen LogP contribution in [0.2, 0.25) is 5.02 Å². The maximum absolute atomic E-state index is 13.5. The van der Waals surface area contributed by atoms with Crippen LogP contribution in [0, 0.1) is 0 Å². The molecule has 0 unspecified atom stereocenters. The summed E-state index contributed by atoms with van der Waals surface area (Å²) in [6.07, 6.45) is 1.19. The summed E-state index contributed by atoms with van der Waals surface area (Å²) in [7, 11) is -0.992. The smallest absolute Gasteiger partial charge is 0.329 e. The van der Waals surface area contributed by atoms with Crippen molar-refractivity contribution in [2.75, 3.05) is 19.5 Å². The summed E-state index contributed by atoms with van der Waals surface area (Å²) in [5.74, 6) is -0.666. The fourth-order valence-electron chi connectivity index (χ4n) is 3.78. The molecule has 13 heteroatoms. The van der Waals surface area contributed by atoms with Gasteiger partial charge in [0.05, 0.1) is 37.6 Å². The van der Waals surface area contributed by atoms with Crippen LogP contribution in [0.25, 0.3) is 0 Å². The predicted octanol–water partition coefficient (Wildman–Crippen LogP) is 4.43. The molecule has 218 valence electrons. The van der Waals surface area contributed by atoms with E-state index in [1.807, 2.05) is 0 Å². The summed E-state index contributed by atoms with van der Waals surface area (Å²) in [4.78, 5) is 24.7. The largest absolute Gasteiger partial charge is 0.497 e. The summed E-state index contributed by atoms with van der Waals surface area (Å²) in [6.45, 7) is -0.00735. The van der Waals surface area contributed by atoms with Gasteiger partial charge in [0, 0.05) is 17.6 Å². The molecule has 1 aromatic heterocycles. The number of rotatable bonds is 11. The Morgan fingerprint density at radius 2 is 1.67 bits per heavy atom. The molecule has 42 heavy (non-hydrogen) atoms. The van der Waals surface area contributed by atoms with Crippen LogP contribution in [0.3, 0.4) is 0 Å². The Kier molecular flexibility index (Phi) is 9.97. The molecular formula is C29H27ClN4O7S. The van der Waals surface area contributed by atoms with Gasteiger partial charge in [-0.2, -0.15) is 9.41 Å². The first kappa shape index (κ1) is 30.3. The van der Waals surface area contributed by atoms with E-state index < -0.39 is 21.8 Å². The second-order valence-electron chi connectivity index (χ2n) is 8.74.